The highest BCUT2D eigenvalue weighted by Crippen LogP contribution is 2.13. The van der Waals surface area contributed by atoms with Gasteiger partial charge in [-0.2, -0.15) is 0 Å². The Morgan fingerprint density at radius 1 is 1.33 bits per heavy atom. The van der Waals surface area contributed by atoms with Crippen LogP contribution in [0.2, 0.25) is 5.15 Å². The molecule has 18 heavy (non-hydrogen) atoms. The van der Waals surface area contributed by atoms with Crippen LogP contribution in [0.5, 0.6) is 0 Å². The number of esters is 1. The monoisotopic (exact) mass is 325 g/mol. The number of benzene rings is 1. The highest BCUT2D eigenvalue weighted by atomic mass is 79.9. The van der Waals surface area contributed by atoms with Crippen LogP contribution in [0.1, 0.15) is 15.9 Å². The van der Waals surface area contributed by atoms with E-state index in [4.69, 9.17) is 16.3 Å². The zero-order valence-corrected chi connectivity index (χ0v) is 11.6. The number of aromatic nitrogens is 1. The number of halogens is 2. The van der Waals surface area contributed by atoms with Crippen molar-refractivity contribution in [1.82, 2.24) is 4.98 Å². The zero-order valence-electron chi connectivity index (χ0n) is 9.27. The molecule has 0 saturated heterocycles. The van der Waals surface area contributed by atoms with Gasteiger partial charge in [0.25, 0.3) is 0 Å². The molecule has 2 rings (SSSR count). The van der Waals surface area contributed by atoms with Crippen molar-refractivity contribution in [1.29, 1.82) is 0 Å². The third kappa shape index (κ3) is 3.55. The Labute approximate surface area is 118 Å². The molecule has 1 heterocycles. The smallest absolute Gasteiger partial charge is 0.340 e. The SMILES string of the molecule is O=C(OCc1cccc(Br)c1)c1ccc(Cl)nc1. The number of hydrogen-bond acceptors (Lipinski definition) is 3. The van der Waals surface area contributed by atoms with Gasteiger partial charge in [-0.1, -0.05) is 39.7 Å². The Morgan fingerprint density at radius 3 is 2.83 bits per heavy atom. The first kappa shape index (κ1) is 13.1. The lowest BCUT2D eigenvalue weighted by molar-refractivity contribution is 0.0472. The fraction of sp³-hybridized carbons (Fsp3) is 0.0769. The topological polar surface area (TPSA) is 39.2 Å². The molecule has 92 valence electrons. The van der Waals surface area contributed by atoms with Gasteiger partial charge >= 0.3 is 5.97 Å². The van der Waals surface area contributed by atoms with Gasteiger partial charge in [0.2, 0.25) is 0 Å². The molecule has 1 aromatic carbocycles. The first-order valence-corrected chi connectivity index (χ1v) is 6.35. The third-order valence-corrected chi connectivity index (χ3v) is 2.94. The van der Waals surface area contributed by atoms with Gasteiger partial charge in [-0.05, 0) is 29.8 Å². The lowest BCUT2D eigenvalue weighted by Crippen LogP contribution is -2.05. The van der Waals surface area contributed by atoms with Gasteiger partial charge in [0, 0.05) is 10.7 Å². The lowest BCUT2D eigenvalue weighted by atomic mass is 10.2. The summed E-state index contributed by atoms with van der Waals surface area (Å²) in [6.45, 7) is 0.223. The second kappa shape index (κ2) is 5.98. The highest BCUT2D eigenvalue weighted by molar-refractivity contribution is 9.10. The number of ether oxygens (including phenoxy) is 1. The molecule has 5 heteroatoms. The summed E-state index contributed by atoms with van der Waals surface area (Å²) in [6.07, 6.45) is 1.39. The van der Waals surface area contributed by atoms with Crippen LogP contribution < -0.4 is 0 Å². The van der Waals surface area contributed by atoms with E-state index in [0.29, 0.717) is 10.7 Å². The van der Waals surface area contributed by atoms with Gasteiger partial charge in [-0.15, -0.1) is 0 Å². The molecule has 0 aliphatic rings. The number of nitrogens with zero attached hydrogens (tertiary/aromatic N) is 1. The van der Waals surface area contributed by atoms with Crippen molar-refractivity contribution in [2.24, 2.45) is 0 Å². The molecular formula is C13H9BrClNO2. The minimum absolute atomic E-state index is 0.223. The predicted octanol–water partition coefficient (Wildman–Crippen LogP) is 3.85. The summed E-state index contributed by atoms with van der Waals surface area (Å²) in [5.74, 6) is -0.417. The largest absolute Gasteiger partial charge is 0.457 e. The van der Waals surface area contributed by atoms with E-state index in [1.54, 1.807) is 12.1 Å². The summed E-state index contributed by atoms with van der Waals surface area (Å²) in [5, 5.41) is 0.346. The molecule has 0 unspecified atom stereocenters. The van der Waals surface area contributed by atoms with Crippen LogP contribution in [-0.2, 0) is 11.3 Å². The average Bonchev–Trinajstić information content (AvgIpc) is 2.37. The van der Waals surface area contributed by atoms with E-state index >= 15 is 0 Å². The fourth-order valence-electron chi connectivity index (χ4n) is 1.36. The van der Waals surface area contributed by atoms with Crippen molar-refractivity contribution < 1.29 is 9.53 Å². The Balaban J connectivity index is 1.98. The second-order valence-electron chi connectivity index (χ2n) is 3.58. The number of rotatable bonds is 3. The van der Waals surface area contributed by atoms with Crippen molar-refractivity contribution in [2.75, 3.05) is 0 Å². The molecule has 0 fully saturated rings. The van der Waals surface area contributed by atoms with E-state index in [1.165, 1.54) is 6.20 Å². The lowest BCUT2D eigenvalue weighted by Gasteiger charge is -2.05. The minimum atomic E-state index is -0.417. The first-order chi connectivity index (χ1) is 8.65. The first-order valence-electron chi connectivity index (χ1n) is 5.18. The number of pyridine rings is 1. The van der Waals surface area contributed by atoms with E-state index in [0.717, 1.165) is 10.0 Å². The molecule has 0 bridgehead atoms. The number of hydrogen-bond donors (Lipinski definition) is 0. The summed E-state index contributed by atoms with van der Waals surface area (Å²) < 4.78 is 6.11. The molecule has 1 aromatic heterocycles. The standard InChI is InChI=1S/C13H9BrClNO2/c14-11-3-1-2-9(6-11)8-18-13(17)10-4-5-12(15)16-7-10/h1-7H,8H2. The average molecular weight is 327 g/mol. The van der Waals surface area contributed by atoms with Crippen LogP contribution in [0, 0.1) is 0 Å². The van der Waals surface area contributed by atoms with Crippen LogP contribution >= 0.6 is 27.5 Å². The quantitative estimate of drug-likeness (QED) is 0.635. The molecule has 0 spiro atoms. The van der Waals surface area contributed by atoms with E-state index in [-0.39, 0.29) is 6.61 Å². The van der Waals surface area contributed by atoms with Crippen molar-refractivity contribution >= 4 is 33.5 Å². The molecule has 0 saturated carbocycles. The van der Waals surface area contributed by atoms with Gasteiger partial charge in [-0.25, -0.2) is 9.78 Å². The molecule has 0 atom stereocenters. The van der Waals surface area contributed by atoms with Gasteiger partial charge in [0.1, 0.15) is 11.8 Å². The maximum atomic E-state index is 11.7. The number of carbonyl (C=O) groups is 1. The Morgan fingerprint density at radius 2 is 2.17 bits per heavy atom. The molecule has 0 aliphatic heterocycles. The zero-order chi connectivity index (χ0) is 13.0. The molecular weight excluding hydrogens is 318 g/mol. The summed E-state index contributed by atoms with van der Waals surface area (Å²) in [7, 11) is 0. The predicted molar refractivity (Wildman–Crippen MR) is 72.5 cm³/mol. The Kier molecular flexibility index (Phi) is 4.33. The Bertz CT molecular complexity index is 557. The van der Waals surface area contributed by atoms with Gasteiger partial charge < -0.3 is 4.74 Å². The molecule has 2 aromatic rings. The summed E-state index contributed by atoms with van der Waals surface area (Å²) in [6, 6.07) is 10.7. The summed E-state index contributed by atoms with van der Waals surface area (Å²) in [5.41, 5.74) is 1.30. The third-order valence-electron chi connectivity index (χ3n) is 2.22. The molecule has 0 aliphatic carbocycles. The summed E-state index contributed by atoms with van der Waals surface area (Å²) in [4.78, 5) is 15.5. The second-order valence-corrected chi connectivity index (χ2v) is 4.88. The Hall–Kier alpha value is -1.39. The van der Waals surface area contributed by atoms with Crippen molar-refractivity contribution in [3.63, 3.8) is 0 Å². The van der Waals surface area contributed by atoms with Crippen LogP contribution in [0.4, 0.5) is 0 Å². The van der Waals surface area contributed by atoms with Gasteiger partial charge in [0.15, 0.2) is 0 Å². The molecule has 0 amide bonds. The van der Waals surface area contributed by atoms with E-state index in [9.17, 15) is 4.79 Å². The van der Waals surface area contributed by atoms with Crippen LogP contribution in [-0.4, -0.2) is 11.0 Å². The maximum absolute atomic E-state index is 11.7. The minimum Gasteiger partial charge on any atom is -0.457 e. The van der Waals surface area contributed by atoms with Crippen molar-refractivity contribution in [3.05, 3.63) is 63.3 Å². The maximum Gasteiger partial charge on any atom is 0.340 e. The number of carbonyl (C=O) groups excluding carboxylic acids is 1. The van der Waals surface area contributed by atoms with Gasteiger partial charge in [0.05, 0.1) is 5.56 Å². The van der Waals surface area contributed by atoms with Crippen molar-refractivity contribution in [3.8, 4) is 0 Å². The van der Waals surface area contributed by atoms with Gasteiger partial charge in [-0.3, -0.25) is 0 Å². The van der Waals surface area contributed by atoms with Crippen LogP contribution in [0.25, 0.3) is 0 Å². The van der Waals surface area contributed by atoms with Crippen LogP contribution in [0.3, 0.4) is 0 Å². The van der Waals surface area contributed by atoms with Crippen LogP contribution in [0.15, 0.2) is 47.1 Å². The normalized spacial score (nSPS) is 10.1. The van der Waals surface area contributed by atoms with E-state index in [2.05, 4.69) is 20.9 Å². The van der Waals surface area contributed by atoms with E-state index < -0.39 is 5.97 Å². The fourth-order valence-corrected chi connectivity index (χ4v) is 1.91. The summed E-state index contributed by atoms with van der Waals surface area (Å²) >= 11 is 9.00. The van der Waals surface area contributed by atoms with E-state index in [1.807, 2.05) is 24.3 Å². The molecule has 3 nitrogen and oxygen atoms in total. The molecule has 0 N–H and O–H groups in total. The van der Waals surface area contributed by atoms with Crippen molar-refractivity contribution in [2.45, 2.75) is 6.61 Å². The molecule has 0 radical (unpaired) electrons. The highest BCUT2D eigenvalue weighted by Gasteiger charge is 2.07.